The van der Waals surface area contributed by atoms with Crippen molar-refractivity contribution in [3.8, 4) is 11.5 Å². The van der Waals surface area contributed by atoms with Gasteiger partial charge in [0.05, 0.1) is 4.47 Å². The van der Waals surface area contributed by atoms with E-state index in [4.69, 9.17) is 14.4 Å². The summed E-state index contributed by atoms with van der Waals surface area (Å²) in [5, 5.41) is 8.69. The summed E-state index contributed by atoms with van der Waals surface area (Å²) in [6.45, 7) is 0.269. The van der Waals surface area contributed by atoms with Gasteiger partial charge in [-0.05, 0) is 45.8 Å². The van der Waals surface area contributed by atoms with Crippen LogP contribution < -0.4 is 9.39 Å². The van der Waals surface area contributed by atoms with Gasteiger partial charge in [0.25, 0.3) is 0 Å². The third-order valence-corrected chi connectivity index (χ3v) is 3.03. The summed E-state index contributed by atoms with van der Waals surface area (Å²) in [6.07, 6.45) is 0. The smallest absolute Gasteiger partial charge is 0.535 e. The molecule has 0 saturated carbocycles. The van der Waals surface area contributed by atoms with Gasteiger partial charge >= 0.3 is 7.69 Å². The molecule has 0 fully saturated rings. The van der Waals surface area contributed by atoms with Gasteiger partial charge in [-0.25, -0.2) is 4.39 Å². The summed E-state index contributed by atoms with van der Waals surface area (Å²) in [5.41, 5.74) is 0.830. The highest BCUT2D eigenvalue weighted by molar-refractivity contribution is 9.10. The molecule has 0 aliphatic carbocycles. The van der Waals surface area contributed by atoms with E-state index in [0.29, 0.717) is 23.7 Å². The minimum atomic E-state index is -0.288. The second kappa shape index (κ2) is 6.59. The number of para-hydroxylation sites is 1. The van der Waals surface area contributed by atoms with Crippen molar-refractivity contribution in [1.82, 2.24) is 0 Å². The van der Waals surface area contributed by atoms with Gasteiger partial charge in [0.15, 0.2) is 5.75 Å². The van der Waals surface area contributed by atoms with E-state index >= 15 is 0 Å². The van der Waals surface area contributed by atoms with Crippen molar-refractivity contribution in [2.45, 2.75) is 6.61 Å². The predicted molar refractivity (Wildman–Crippen MR) is 73.5 cm³/mol. The Kier molecular flexibility index (Phi) is 4.82. The molecule has 0 heterocycles. The lowest BCUT2D eigenvalue weighted by atomic mass is 10.2. The van der Waals surface area contributed by atoms with Crippen molar-refractivity contribution >= 4 is 23.6 Å². The fraction of sp³-hybridized carbons (Fsp3) is 0.0769. The summed E-state index contributed by atoms with van der Waals surface area (Å²) >= 11 is 3.34. The lowest BCUT2D eigenvalue weighted by Gasteiger charge is -2.13. The average molecular weight is 324 g/mol. The highest BCUT2D eigenvalue weighted by atomic mass is 79.9. The van der Waals surface area contributed by atoms with Gasteiger partial charge < -0.3 is 14.4 Å². The quantitative estimate of drug-likeness (QED) is 0.859. The van der Waals surface area contributed by atoms with Crippen molar-refractivity contribution in [3.63, 3.8) is 0 Å². The second-order valence-electron chi connectivity index (χ2n) is 3.71. The molecule has 2 aromatic rings. The molecule has 0 atom stereocenters. The van der Waals surface area contributed by atoms with Crippen LogP contribution in [-0.2, 0) is 6.61 Å². The summed E-state index contributed by atoms with van der Waals surface area (Å²) in [5.74, 6) is 0.569. The number of hydrogen-bond donors (Lipinski definition) is 1. The normalized spacial score (nSPS) is 10.1. The third kappa shape index (κ3) is 3.72. The maximum absolute atomic E-state index is 12.8. The van der Waals surface area contributed by atoms with Crippen LogP contribution in [0.1, 0.15) is 5.56 Å². The molecule has 19 heavy (non-hydrogen) atoms. The molecule has 3 nitrogen and oxygen atoms in total. The molecule has 2 rings (SSSR count). The summed E-state index contributed by atoms with van der Waals surface area (Å²) in [4.78, 5) is 0. The molecule has 1 radical (unpaired) electrons. The first-order valence-corrected chi connectivity index (χ1v) is 6.28. The second-order valence-corrected chi connectivity index (χ2v) is 4.56. The molecule has 0 unspecified atom stereocenters. The summed E-state index contributed by atoms with van der Waals surface area (Å²) < 4.78 is 24.0. The van der Waals surface area contributed by atoms with Gasteiger partial charge in [-0.3, -0.25) is 0 Å². The van der Waals surface area contributed by atoms with E-state index in [2.05, 4.69) is 15.9 Å². The Balaban J connectivity index is 2.12. The SMILES string of the molecule is O[B]Oc1cccc(Br)c1OCc1ccc(F)cc1. The Hall–Kier alpha value is -1.53. The summed E-state index contributed by atoms with van der Waals surface area (Å²) in [6, 6.07) is 11.3. The molecule has 2 aromatic carbocycles. The molecule has 0 spiro atoms. The van der Waals surface area contributed by atoms with Crippen molar-refractivity contribution in [3.05, 3.63) is 58.3 Å². The van der Waals surface area contributed by atoms with Crippen LogP contribution in [-0.4, -0.2) is 12.7 Å². The number of benzene rings is 2. The first kappa shape index (κ1) is 13.9. The minimum Gasteiger partial charge on any atom is -0.535 e. The first-order valence-electron chi connectivity index (χ1n) is 5.49. The standard InChI is InChI=1S/C13H10BBrFO3/c15-11-2-1-3-12(19-14-17)13(11)18-8-9-4-6-10(16)7-5-9/h1-7,17H,8H2. The van der Waals surface area contributed by atoms with E-state index in [1.807, 2.05) is 0 Å². The fourth-order valence-corrected chi connectivity index (χ4v) is 1.98. The lowest BCUT2D eigenvalue weighted by Crippen LogP contribution is -2.03. The third-order valence-electron chi connectivity index (χ3n) is 2.41. The number of halogens is 2. The van der Waals surface area contributed by atoms with E-state index in [1.165, 1.54) is 12.1 Å². The minimum absolute atomic E-state index is 0.269. The topological polar surface area (TPSA) is 38.7 Å². The van der Waals surface area contributed by atoms with Crippen LogP contribution in [0.3, 0.4) is 0 Å². The Morgan fingerprint density at radius 3 is 2.58 bits per heavy atom. The largest absolute Gasteiger partial charge is 0.569 e. The first-order chi connectivity index (χ1) is 9.20. The Morgan fingerprint density at radius 1 is 1.16 bits per heavy atom. The van der Waals surface area contributed by atoms with Crippen molar-refractivity contribution in [2.75, 3.05) is 0 Å². The lowest BCUT2D eigenvalue weighted by molar-refractivity contribution is 0.292. The van der Waals surface area contributed by atoms with Crippen LogP contribution in [0.4, 0.5) is 4.39 Å². The van der Waals surface area contributed by atoms with Crippen LogP contribution in [0.15, 0.2) is 46.9 Å². The van der Waals surface area contributed by atoms with E-state index in [9.17, 15) is 4.39 Å². The number of ether oxygens (including phenoxy) is 1. The average Bonchev–Trinajstić information content (AvgIpc) is 2.40. The molecule has 0 aliphatic rings. The number of hydrogen-bond acceptors (Lipinski definition) is 3. The van der Waals surface area contributed by atoms with Crippen molar-refractivity contribution < 1.29 is 18.8 Å². The highest BCUT2D eigenvalue weighted by Gasteiger charge is 2.10. The molecular formula is C13H10BBrFO3. The van der Waals surface area contributed by atoms with Gasteiger partial charge in [0.1, 0.15) is 18.2 Å². The van der Waals surface area contributed by atoms with E-state index in [0.717, 1.165) is 5.56 Å². The van der Waals surface area contributed by atoms with Crippen LogP contribution >= 0.6 is 15.9 Å². The zero-order valence-corrected chi connectivity index (χ0v) is 11.4. The molecule has 0 bridgehead atoms. The Labute approximate surface area is 119 Å². The van der Waals surface area contributed by atoms with E-state index < -0.39 is 0 Å². The van der Waals surface area contributed by atoms with Crippen LogP contribution in [0.2, 0.25) is 0 Å². The van der Waals surface area contributed by atoms with Crippen LogP contribution in [0, 0.1) is 5.82 Å². The monoisotopic (exact) mass is 323 g/mol. The van der Waals surface area contributed by atoms with Gasteiger partial charge in [-0.1, -0.05) is 18.2 Å². The Bertz CT molecular complexity index is 548. The Morgan fingerprint density at radius 2 is 1.89 bits per heavy atom. The fourth-order valence-electron chi connectivity index (χ4n) is 1.51. The molecule has 0 aromatic heterocycles. The van der Waals surface area contributed by atoms with Gasteiger partial charge in [-0.15, -0.1) is 0 Å². The van der Waals surface area contributed by atoms with Crippen LogP contribution in [0.5, 0.6) is 11.5 Å². The highest BCUT2D eigenvalue weighted by Crippen LogP contribution is 2.35. The van der Waals surface area contributed by atoms with E-state index in [1.54, 1.807) is 30.3 Å². The molecule has 0 aliphatic heterocycles. The maximum Gasteiger partial charge on any atom is 0.569 e. The van der Waals surface area contributed by atoms with Gasteiger partial charge in [-0.2, -0.15) is 0 Å². The number of rotatable bonds is 5. The molecule has 0 saturated heterocycles. The van der Waals surface area contributed by atoms with Crippen molar-refractivity contribution in [2.24, 2.45) is 0 Å². The zero-order chi connectivity index (χ0) is 13.7. The van der Waals surface area contributed by atoms with Crippen LogP contribution in [0.25, 0.3) is 0 Å². The molecule has 1 N–H and O–H groups in total. The van der Waals surface area contributed by atoms with Crippen molar-refractivity contribution in [1.29, 1.82) is 0 Å². The van der Waals surface area contributed by atoms with E-state index in [-0.39, 0.29) is 12.4 Å². The summed E-state index contributed by atoms with van der Waals surface area (Å²) in [7, 11) is 0.590. The van der Waals surface area contributed by atoms with Gasteiger partial charge in [0.2, 0.25) is 0 Å². The zero-order valence-electron chi connectivity index (χ0n) is 9.85. The molecular weight excluding hydrogens is 314 g/mol. The molecule has 97 valence electrons. The predicted octanol–water partition coefficient (Wildman–Crippen LogP) is 3.07. The molecule has 6 heteroatoms. The maximum atomic E-state index is 12.8. The van der Waals surface area contributed by atoms with Gasteiger partial charge in [0, 0.05) is 0 Å². The molecule has 0 amide bonds.